The van der Waals surface area contributed by atoms with E-state index in [9.17, 15) is 0 Å². The first-order chi connectivity index (χ1) is 6.43. The zero-order chi connectivity index (χ0) is 10.9. The van der Waals surface area contributed by atoms with Crippen LogP contribution in [0.25, 0.3) is 0 Å². The molecule has 2 atom stereocenters. The van der Waals surface area contributed by atoms with E-state index in [2.05, 4.69) is 46.8 Å². The molecule has 0 saturated heterocycles. The first-order valence-corrected chi connectivity index (χ1v) is 5.26. The number of hydrogen-bond donors (Lipinski definition) is 1. The van der Waals surface area contributed by atoms with Crippen LogP contribution < -0.4 is 5.73 Å². The minimum atomic E-state index is 0.218. The maximum Gasteiger partial charge on any atom is 0.00768 e. The van der Waals surface area contributed by atoms with E-state index in [-0.39, 0.29) is 6.04 Å². The van der Waals surface area contributed by atoms with Crippen molar-refractivity contribution in [3.05, 3.63) is 34.4 Å². The molecule has 1 heteroatoms. The summed E-state index contributed by atoms with van der Waals surface area (Å²) in [7, 11) is 0. The molecule has 0 aliphatic carbocycles. The van der Waals surface area contributed by atoms with Gasteiger partial charge >= 0.3 is 0 Å². The van der Waals surface area contributed by atoms with Crippen molar-refractivity contribution in [2.45, 2.75) is 46.6 Å². The minimum Gasteiger partial charge on any atom is -0.327 e. The van der Waals surface area contributed by atoms with Gasteiger partial charge in [-0.3, -0.25) is 0 Å². The van der Waals surface area contributed by atoms with Gasteiger partial charge in [-0.05, 0) is 50.3 Å². The highest BCUT2D eigenvalue weighted by Crippen LogP contribution is 2.26. The van der Waals surface area contributed by atoms with Crippen molar-refractivity contribution in [1.29, 1.82) is 0 Å². The highest BCUT2D eigenvalue weighted by atomic mass is 14.6. The summed E-state index contributed by atoms with van der Waals surface area (Å²) >= 11 is 0. The average molecular weight is 191 g/mol. The lowest BCUT2D eigenvalue weighted by Crippen LogP contribution is -2.23. The molecular formula is C13H21N. The number of benzene rings is 1. The normalized spacial score (nSPS) is 15.3. The lowest BCUT2D eigenvalue weighted by Gasteiger charge is -2.21. The minimum absolute atomic E-state index is 0.218. The smallest absolute Gasteiger partial charge is 0.00768 e. The van der Waals surface area contributed by atoms with Crippen LogP contribution in [0.5, 0.6) is 0 Å². The van der Waals surface area contributed by atoms with Gasteiger partial charge in [0.05, 0.1) is 0 Å². The van der Waals surface area contributed by atoms with Gasteiger partial charge in [-0.15, -0.1) is 0 Å². The molecule has 2 N–H and O–H groups in total. The van der Waals surface area contributed by atoms with Crippen molar-refractivity contribution in [3.63, 3.8) is 0 Å². The molecule has 2 unspecified atom stereocenters. The summed E-state index contributed by atoms with van der Waals surface area (Å²) in [6, 6.07) is 4.69. The number of rotatable bonds is 2. The lowest BCUT2D eigenvalue weighted by molar-refractivity contribution is 0.607. The van der Waals surface area contributed by atoms with E-state index in [0.717, 1.165) is 0 Å². The predicted molar refractivity (Wildman–Crippen MR) is 62.7 cm³/mol. The molecule has 14 heavy (non-hydrogen) atoms. The van der Waals surface area contributed by atoms with Gasteiger partial charge in [0.25, 0.3) is 0 Å². The molecule has 0 aromatic heterocycles. The maximum absolute atomic E-state index is 5.94. The zero-order valence-corrected chi connectivity index (χ0v) is 9.89. The third-order valence-corrected chi connectivity index (χ3v) is 2.98. The van der Waals surface area contributed by atoms with Crippen LogP contribution in [0.15, 0.2) is 12.1 Å². The van der Waals surface area contributed by atoms with Crippen LogP contribution in [0, 0.1) is 20.8 Å². The zero-order valence-electron chi connectivity index (χ0n) is 9.89. The van der Waals surface area contributed by atoms with Gasteiger partial charge < -0.3 is 5.73 Å². The Hall–Kier alpha value is -0.820. The summed E-state index contributed by atoms with van der Waals surface area (Å²) in [5.74, 6) is 0.440. The topological polar surface area (TPSA) is 26.0 Å². The second-order valence-electron chi connectivity index (χ2n) is 4.46. The van der Waals surface area contributed by atoms with Crippen molar-refractivity contribution >= 4 is 0 Å². The molecule has 0 bridgehead atoms. The Bertz CT molecular complexity index is 303. The number of nitrogens with two attached hydrogens (primary N) is 1. The van der Waals surface area contributed by atoms with Crippen molar-refractivity contribution in [2.24, 2.45) is 5.73 Å². The molecule has 1 aromatic carbocycles. The largest absolute Gasteiger partial charge is 0.327 e. The fourth-order valence-electron chi connectivity index (χ4n) is 2.17. The first-order valence-electron chi connectivity index (χ1n) is 5.26. The van der Waals surface area contributed by atoms with Gasteiger partial charge in [0.2, 0.25) is 0 Å². The fraction of sp³-hybridized carbons (Fsp3) is 0.538. The second kappa shape index (κ2) is 4.14. The van der Waals surface area contributed by atoms with Crippen LogP contribution in [0.2, 0.25) is 0 Å². The van der Waals surface area contributed by atoms with Gasteiger partial charge in [0.1, 0.15) is 0 Å². The van der Waals surface area contributed by atoms with Gasteiger partial charge in [-0.1, -0.05) is 24.6 Å². The molecule has 1 rings (SSSR count). The van der Waals surface area contributed by atoms with Crippen LogP contribution >= 0.6 is 0 Å². The lowest BCUT2D eigenvalue weighted by atomic mass is 9.87. The quantitative estimate of drug-likeness (QED) is 0.764. The Kier molecular flexibility index (Phi) is 3.33. The summed E-state index contributed by atoms with van der Waals surface area (Å²) in [5, 5.41) is 0. The number of hydrogen-bond acceptors (Lipinski definition) is 1. The van der Waals surface area contributed by atoms with E-state index < -0.39 is 0 Å². The van der Waals surface area contributed by atoms with Crippen LogP contribution in [0.3, 0.4) is 0 Å². The van der Waals surface area contributed by atoms with E-state index >= 15 is 0 Å². The third kappa shape index (κ3) is 2.16. The molecule has 0 saturated carbocycles. The molecule has 1 aromatic rings. The molecule has 0 heterocycles. The fourth-order valence-corrected chi connectivity index (χ4v) is 2.17. The summed E-state index contributed by atoms with van der Waals surface area (Å²) in [6.07, 6.45) is 0. The third-order valence-electron chi connectivity index (χ3n) is 2.98. The summed E-state index contributed by atoms with van der Waals surface area (Å²) in [5.41, 5.74) is 11.4. The molecule has 78 valence electrons. The molecule has 1 nitrogen and oxygen atoms in total. The summed E-state index contributed by atoms with van der Waals surface area (Å²) < 4.78 is 0. The van der Waals surface area contributed by atoms with Crippen LogP contribution in [-0.2, 0) is 0 Å². The second-order valence-corrected chi connectivity index (χ2v) is 4.46. The standard InChI is InChI=1S/C13H21N/c1-8-6-9(2)13(10(3)7-8)11(4)12(5)14/h6-7,11-12H,14H2,1-5H3. The van der Waals surface area contributed by atoms with E-state index in [1.54, 1.807) is 0 Å². The van der Waals surface area contributed by atoms with E-state index in [0.29, 0.717) is 5.92 Å². The Balaban J connectivity index is 3.20. The number of aryl methyl sites for hydroxylation is 3. The summed E-state index contributed by atoms with van der Waals surface area (Å²) in [4.78, 5) is 0. The Morgan fingerprint density at radius 3 is 1.79 bits per heavy atom. The van der Waals surface area contributed by atoms with Crippen LogP contribution in [0.4, 0.5) is 0 Å². The maximum atomic E-state index is 5.94. The molecular weight excluding hydrogens is 170 g/mol. The van der Waals surface area contributed by atoms with Crippen molar-refractivity contribution in [2.75, 3.05) is 0 Å². The Labute approximate surface area is 87.3 Å². The van der Waals surface area contributed by atoms with E-state index in [1.165, 1.54) is 22.3 Å². The Morgan fingerprint density at radius 2 is 1.43 bits per heavy atom. The van der Waals surface area contributed by atoms with Crippen LogP contribution in [0.1, 0.15) is 42.0 Å². The molecule has 0 radical (unpaired) electrons. The Morgan fingerprint density at radius 1 is 1.00 bits per heavy atom. The van der Waals surface area contributed by atoms with Gasteiger partial charge in [-0.25, -0.2) is 0 Å². The molecule has 0 fully saturated rings. The van der Waals surface area contributed by atoms with Gasteiger partial charge in [-0.2, -0.15) is 0 Å². The van der Waals surface area contributed by atoms with Crippen molar-refractivity contribution in [1.82, 2.24) is 0 Å². The first kappa shape index (κ1) is 11.3. The predicted octanol–water partition coefficient (Wildman–Crippen LogP) is 3.06. The van der Waals surface area contributed by atoms with Gasteiger partial charge in [0, 0.05) is 6.04 Å². The highest BCUT2D eigenvalue weighted by molar-refractivity contribution is 5.40. The van der Waals surface area contributed by atoms with Crippen LogP contribution in [-0.4, -0.2) is 6.04 Å². The van der Waals surface area contributed by atoms with Crippen molar-refractivity contribution in [3.8, 4) is 0 Å². The van der Waals surface area contributed by atoms with E-state index in [4.69, 9.17) is 5.73 Å². The molecule has 0 aliphatic heterocycles. The SMILES string of the molecule is Cc1cc(C)c(C(C)C(C)N)c(C)c1. The molecule has 0 amide bonds. The van der Waals surface area contributed by atoms with E-state index in [1.807, 2.05) is 0 Å². The average Bonchev–Trinajstić information content (AvgIpc) is 2.01. The summed E-state index contributed by atoms with van der Waals surface area (Å²) in [6.45, 7) is 10.8. The molecule has 0 spiro atoms. The van der Waals surface area contributed by atoms with Crippen molar-refractivity contribution < 1.29 is 0 Å². The van der Waals surface area contributed by atoms with Gasteiger partial charge in [0.15, 0.2) is 0 Å². The monoisotopic (exact) mass is 191 g/mol. The highest BCUT2D eigenvalue weighted by Gasteiger charge is 2.15. The molecule has 0 aliphatic rings.